The van der Waals surface area contributed by atoms with E-state index in [1.165, 1.54) is 30.0 Å². The highest BCUT2D eigenvalue weighted by atomic mass is 35.5. The Hall–Kier alpha value is -2.64. The number of anilines is 1. The number of nitrogens with one attached hydrogen (secondary N) is 1. The summed E-state index contributed by atoms with van der Waals surface area (Å²) in [7, 11) is 0. The molecule has 5 nitrogen and oxygen atoms in total. The Balaban J connectivity index is 1.79. The van der Waals surface area contributed by atoms with Crippen molar-refractivity contribution in [3.05, 3.63) is 75.3 Å². The SMILES string of the molecule is CC1N=CSC1C(=O)N(Cc1cc(=O)[nH]c2cc(F)ccc12)c1cccc(Cl)c1. The summed E-state index contributed by atoms with van der Waals surface area (Å²) >= 11 is 7.53. The number of carbonyl (C=O) groups is 1. The third-order valence-electron chi connectivity index (χ3n) is 4.79. The molecule has 1 aliphatic heterocycles. The molecular weight excluding hydrogens is 413 g/mol. The summed E-state index contributed by atoms with van der Waals surface area (Å²) in [5.74, 6) is -0.570. The van der Waals surface area contributed by atoms with Crippen LogP contribution in [-0.4, -0.2) is 27.7 Å². The van der Waals surface area contributed by atoms with Crippen molar-refractivity contribution in [1.82, 2.24) is 4.98 Å². The van der Waals surface area contributed by atoms with Crippen molar-refractivity contribution < 1.29 is 9.18 Å². The van der Waals surface area contributed by atoms with Gasteiger partial charge in [0.1, 0.15) is 11.1 Å². The average molecular weight is 430 g/mol. The third kappa shape index (κ3) is 4.06. The number of rotatable bonds is 4. The van der Waals surface area contributed by atoms with Crippen LogP contribution in [0.2, 0.25) is 5.02 Å². The molecule has 4 rings (SSSR count). The zero-order chi connectivity index (χ0) is 20.5. The first-order chi connectivity index (χ1) is 13.9. The molecule has 0 radical (unpaired) electrons. The lowest BCUT2D eigenvalue weighted by molar-refractivity contribution is -0.118. The van der Waals surface area contributed by atoms with Crippen LogP contribution < -0.4 is 10.5 Å². The second-order valence-corrected chi connectivity index (χ2v) is 8.23. The van der Waals surface area contributed by atoms with Gasteiger partial charge in [-0.25, -0.2) is 4.39 Å². The number of aromatic amines is 1. The van der Waals surface area contributed by atoms with Crippen molar-refractivity contribution in [2.24, 2.45) is 4.99 Å². The highest BCUT2D eigenvalue weighted by Crippen LogP contribution is 2.30. The number of thioether (sulfide) groups is 1. The topological polar surface area (TPSA) is 65.5 Å². The van der Waals surface area contributed by atoms with Crippen LogP contribution in [0, 0.1) is 5.82 Å². The van der Waals surface area contributed by atoms with Crippen LogP contribution in [-0.2, 0) is 11.3 Å². The third-order valence-corrected chi connectivity index (χ3v) is 6.16. The fraction of sp³-hybridized carbons (Fsp3) is 0.190. The number of hydrogen-bond donors (Lipinski definition) is 1. The van der Waals surface area contributed by atoms with Gasteiger partial charge >= 0.3 is 0 Å². The van der Waals surface area contributed by atoms with Crippen LogP contribution in [0.1, 0.15) is 12.5 Å². The van der Waals surface area contributed by atoms with Gasteiger partial charge in [0.05, 0.1) is 23.6 Å². The normalized spacial score (nSPS) is 18.3. The van der Waals surface area contributed by atoms with E-state index in [4.69, 9.17) is 11.6 Å². The van der Waals surface area contributed by atoms with E-state index in [1.807, 2.05) is 6.92 Å². The summed E-state index contributed by atoms with van der Waals surface area (Å²) < 4.78 is 13.6. The van der Waals surface area contributed by atoms with Crippen molar-refractivity contribution in [3.8, 4) is 0 Å². The van der Waals surface area contributed by atoms with Crippen LogP contribution in [0.15, 0.2) is 58.3 Å². The Labute approximate surface area is 175 Å². The second-order valence-electron chi connectivity index (χ2n) is 6.80. The number of aromatic nitrogens is 1. The zero-order valence-electron chi connectivity index (χ0n) is 15.4. The number of halogens is 2. The Kier molecular flexibility index (Phi) is 5.43. The Morgan fingerprint density at radius 3 is 2.83 bits per heavy atom. The smallest absolute Gasteiger partial charge is 0.248 e. The van der Waals surface area contributed by atoms with E-state index in [0.717, 1.165) is 0 Å². The summed E-state index contributed by atoms with van der Waals surface area (Å²) in [6.45, 7) is 2.04. The van der Waals surface area contributed by atoms with Gasteiger partial charge in [0.2, 0.25) is 11.5 Å². The minimum atomic E-state index is -0.443. The van der Waals surface area contributed by atoms with Crippen molar-refractivity contribution in [2.45, 2.75) is 24.8 Å². The number of nitrogens with zero attached hydrogens (tertiary/aromatic N) is 2. The summed E-state index contributed by atoms with van der Waals surface area (Å²) in [6.07, 6.45) is 0. The lowest BCUT2D eigenvalue weighted by Crippen LogP contribution is -2.40. The maximum atomic E-state index is 13.6. The Bertz CT molecular complexity index is 1180. The quantitative estimate of drug-likeness (QED) is 0.669. The molecule has 8 heteroatoms. The fourth-order valence-electron chi connectivity index (χ4n) is 3.35. The average Bonchev–Trinajstić information content (AvgIpc) is 3.10. The Morgan fingerprint density at radius 2 is 2.10 bits per heavy atom. The van der Waals surface area contributed by atoms with Gasteiger partial charge in [-0.15, -0.1) is 0 Å². The largest absolute Gasteiger partial charge is 0.322 e. The maximum Gasteiger partial charge on any atom is 0.248 e. The molecular formula is C21H17ClFN3O2S. The van der Waals surface area contributed by atoms with Crippen LogP contribution >= 0.6 is 23.4 Å². The van der Waals surface area contributed by atoms with Gasteiger partial charge in [-0.2, -0.15) is 0 Å². The molecule has 1 N–H and O–H groups in total. The van der Waals surface area contributed by atoms with E-state index < -0.39 is 5.82 Å². The number of fused-ring (bicyclic) bond motifs is 1. The molecule has 0 saturated carbocycles. The van der Waals surface area contributed by atoms with Gasteiger partial charge in [0, 0.05) is 22.2 Å². The van der Waals surface area contributed by atoms with E-state index in [0.29, 0.717) is 27.2 Å². The minimum Gasteiger partial charge on any atom is -0.322 e. The lowest BCUT2D eigenvalue weighted by Gasteiger charge is -2.27. The summed E-state index contributed by atoms with van der Waals surface area (Å²) in [5.41, 5.74) is 2.96. The number of carbonyl (C=O) groups excluding carboxylic acids is 1. The van der Waals surface area contributed by atoms with E-state index in [1.54, 1.807) is 40.8 Å². The van der Waals surface area contributed by atoms with Gasteiger partial charge in [0.25, 0.3) is 0 Å². The van der Waals surface area contributed by atoms with Crippen molar-refractivity contribution in [1.29, 1.82) is 0 Å². The predicted molar refractivity (Wildman–Crippen MR) is 117 cm³/mol. The van der Waals surface area contributed by atoms with E-state index >= 15 is 0 Å². The van der Waals surface area contributed by atoms with Crippen LogP contribution in [0.5, 0.6) is 0 Å². The molecule has 0 saturated heterocycles. The van der Waals surface area contributed by atoms with Gasteiger partial charge in [-0.05, 0) is 48.9 Å². The van der Waals surface area contributed by atoms with Crippen LogP contribution in [0.4, 0.5) is 10.1 Å². The number of pyridine rings is 1. The zero-order valence-corrected chi connectivity index (χ0v) is 17.0. The summed E-state index contributed by atoms with van der Waals surface area (Å²) in [4.78, 5) is 34.0. The molecule has 0 aliphatic carbocycles. The molecule has 29 heavy (non-hydrogen) atoms. The van der Waals surface area contributed by atoms with Crippen LogP contribution in [0.3, 0.4) is 0 Å². The first-order valence-electron chi connectivity index (χ1n) is 8.98. The number of amides is 1. The standard InChI is InChI=1S/C21H17ClFN3O2S/c1-12-20(29-11-24-12)21(28)26(16-4-2-3-14(22)8-16)10-13-7-19(27)25-18-9-15(23)5-6-17(13)18/h2-9,11-12,20H,10H2,1H3,(H,25,27). The maximum absolute atomic E-state index is 13.6. The highest BCUT2D eigenvalue weighted by molar-refractivity contribution is 8.13. The number of H-pyrrole nitrogens is 1. The second kappa shape index (κ2) is 8.00. The highest BCUT2D eigenvalue weighted by Gasteiger charge is 2.33. The van der Waals surface area contributed by atoms with Crippen molar-refractivity contribution >= 4 is 51.4 Å². The van der Waals surface area contributed by atoms with Gasteiger partial charge < -0.3 is 9.88 Å². The number of hydrogen-bond acceptors (Lipinski definition) is 4. The molecule has 2 atom stereocenters. The first-order valence-corrected chi connectivity index (χ1v) is 10.3. The molecule has 148 valence electrons. The van der Waals surface area contributed by atoms with E-state index in [9.17, 15) is 14.0 Å². The van der Waals surface area contributed by atoms with E-state index in [2.05, 4.69) is 9.98 Å². The van der Waals surface area contributed by atoms with Crippen LogP contribution in [0.25, 0.3) is 10.9 Å². The minimum absolute atomic E-state index is 0.127. The summed E-state index contributed by atoms with van der Waals surface area (Å²) in [5, 5.41) is 0.815. The van der Waals surface area contributed by atoms with Crippen molar-refractivity contribution in [3.63, 3.8) is 0 Å². The molecule has 1 amide bonds. The van der Waals surface area contributed by atoms with Gasteiger partial charge in [0.15, 0.2) is 0 Å². The molecule has 1 aliphatic rings. The number of aliphatic imine (C=N–C) groups is 1. The molecule has 3 aromatic rings. The first kappa shape index (κ1) is 19.7. The molecule has 2 aromatic carbocycles. The monoisotopic (exact) mass is 429 g/mol. The van der Waals surface area contributed by atoms with Crippen molar-refractivity contribution in [2.75, 3.05) is 4.90 Å². The predicted octanol–water partition coefficient (Wildman–Crippen LogP) is 4.39. The molecule has 1 aromatic heterocycles. The molecule has 0 spiro atoms. The molecule has 2 heterocycles. The van der Waals surface area contributed by atoms with E-state index in [-0.39, 0.29) is 29.3 Å². The molecule has 2 unspecified atom stereocenters. The summed E-state index contributed by atoms with van der Waals surface area (Å²) in [6, 6.07) is 12.5. The Morgan fingerprint density at radius 1 is 1.28 bits per heavy atom. The molecule has 0 fully saturated rings. The lowest BCUT2D eigenvalue weighted by atomic mass is 10.1. The molecule has 0 bridgehead atoms. The van der Waals surface area contributed by atoms with Gasteiger partial charge in [-0.3, -0.25) is 14.6 Å². The fourth-order valence-corrected chi connectivity index (χ4v) is 4.47. The van der Waals surface area contributed by atoms with Gasteiger partial charge in [-0.1, -0.05) is 29.4 Å². The number of benzene rings is 2.